The minimum atomic E-state index is -1.82. The first kappa shape index (κ1) is 66.5. The summed E-state index contributed by atoms with van der Waals surface area (Å²) in [5, 5.41) is 93.5. The molecule has 0 aliphatic rings. The first-order chi connectivity index (χ1) is 32.2. The number of carboxylic acid groups (broad SMARTS) is 8. The molecule has 24 nitrogen and oxygen atoms in total. The van der Waals surface area contributed by atoms with E-state index >= 15 is 0 Å². The largest absolute Gasteiger partial charge is 0.497 e. The van der Waals surface area contributed by atoms with E-state index in [-0.39, 0.29) is 0 Å². The van der Waals surface area contributed by atoms with Gasteiger partial charge in [-0.1, -0.05) is 71.5 Å². The molecule has 2 aromatic carbocycles. The number of methoxy groups -OCH3 is 2. The Bertz CT molecular complexity index is 1490. The first-order valence-corrected chi connectivity index (χ1v) is 23.3. The van der Waals surface area contributed by atoms with Crippen LogP contribution in [0.3, 0.4) is 0 Å². The third-order valence-corrected chi connectivity index (χ3v) is 10.5. The predicted octanol–water partition coefficient (Wildman–Crippen LogP) is 1.95. The number of nitrogens with one attached hydrogen (secondary N) is 4. The summed E-state index contributed by atoms with van der Waals surface area (Å²) < 4.78 is 10.3. The Morgan fingerprint density at radius 2 is 0.632 bits per heavy atom. The van der Waals surface area contributed by atoms with E-state index < -0.39 is 60.0 Å². The van der Waals surface area contributed by atoms with Crippen molar-refractivity contribution in [3.63, 3.8) is 0 Å². The number of hydrogen-bond acceptors (Lipinski definition) is 18. The van der Waals surface area contributed by atoms with Crippen LogP contribution in [-0.2, 0) is 38.4 Å². The van der Waals surface area contributed by atoms with E-state index in [9.17, 15) is 10.2 Å². The van der Waals surface area contributed by atoms with E-state index in [0.717, 1.165) is 86.2 Å². The third kappa shape index (κ3) is 44.1. The third-order valence-electron chi connectivity index (χ3n) is 8.13. The van der Waals surface area contributed by atoms with Crippen LogP contribution >= 0.6 is 21.6 Å². The highest BCUT2D eigenvalue weighted by Gasteiger charge is 2.09. The summed E-state index contributed by atoms with van der Waals surface area (Å²) in [6, 6.07) is 15.2. The number of rotatable bonds is 29. The predicted molar refractivity (Wildman–Crippen MR) is 250 cm³/mol. The number of ether oxygens (including phenoxy) is 2. The van der Waals surface area contributed by atoms with Crippen LogP contribution in [0.2, 0.25) is 0 Å². The summed E-state index contributed by atoms with van der Waals surface area (Å²) in [4.78, 5) is 72.8. The summed E-state index contributed by atoms with van der Waals surface area (Å²) in [5.74, 6) is -10.7. The fourth-order valence-corrected chi connectivity index (χ4v) is 6.57. The molecule has 0 bridgehead atoms. The Balaban J connectivity index is -0.00000143. The van der Waals surface area contributed by atoms with Crippen molar-refractivity contribution in [2.24, 2.45) is 0 Å². The Morgan fingerprint density at radius 3 is 0.853 bits per heavy atom. The molecule has 0 fully saturated rings. The SMILES string of the molecule is COc1ccc(C(O)CNCCCCCCNCCSSCCNCCCCCCNCC(O)c2ccc(OC)cc2)cc1.O=C(O)C(=O)O.O=C(O)C(=O)O.O=C(O)C(=O)O.O=C(O)C(=O)O. The average Bonchev–Trinajstić information content (AvgIpc) is 3.30. The van der Waals surface area contributed by atoms with E-state index in [1.807, 2.05) is 70.1 Å². The van der Waals surface area contributed by atoms with Crippen molar-refractivity contribution in [1.29, 1.82) is 0 Å². The number of aliphatic hydroxyl groups excluding tert-OH is 2. The normalized spacial score (nSPS) is 10.8. The second kappa shape index (κ2) is 45.1. The molecular weight excluding hydrogens is 945 g/mol. The number of aliphatic carboxylic acids is 8. The van der Waals surface area contributed by atoms with Crippen molar-refractivity contribution >= 4 is 69.3 Å². The molecule has 0 aliphatic heterocycles. The minimum Gasteiger partial charge on any atom is -0.497 e. The molecule has 26 heteroatoms. The molecule has 386 valence electrons. The summed E-state index contributed by atoms with van der Waals surface area (Å²) >= 11 is 0. The Hall–Kier alpha value is -5.74. The molecule has 0 amide bonds. The zero-order valence-corrected chi connectivity index (χ0v) is 39.5. The van der Waals surface area contributed by atoms with Gasteiger partial charge in [-0.25, -0.2) is 38.4 Å². The van der Waals surface area contributed by atoms with Gasteiger partial charge < -0.3 is 81.8 Å². The van der Waals surface area contributed by atoms with Crippen molar-refractivity contribution in [2.75, 3.05) is 78.1 Å². The maximum absolute atomic E-state index is 10.3. The summed E-state index contributed by atoms with van der Waals surface area (Å²) in [6.07, 6.45) is 8.71. The van der Waals surface area contributed by atoms with Gasteiger partial charge in [-0.15, -0.1) is 0 Å². The topological polar surface area (TPSA) is 405 Å². The van der Waals surface area contributed by atoms with Gasteiger partial charge in [0.25, 0.3) is 0 Å². The second-order valence-electron chi connectivity index (χ2n) is 13.4. The molecular formula is C42H66N4O20S2. The Morgan fingerprint density at radius 1 is 0.397 bits per heavy atom. The molecule has 0 spiro atoms. The molecule has 2 aromatic rings. The van der Waals surface area contributed by atoms with Gasteiger partial charge in [0, 0.05) is 37.7 Å². The fourth-order valence-electron chi connectivity index (χ4n) is 4.67. The molecule has 2 unspecified atom stereocenters. The average molecular weight is 1010 g/mol. The number of unbranched alkanes of at least 4 members (excludes halogenated alkanes) is 6. The fraction of sp³-hybridized carbons (Fsp3) is 0.524. The van der Waals surface area contributed by atoms with Crippen LogP contribution in [0.15, 0.2) is 48.5 Å². The van der Waals surface area contributed by atoms with Gasteiger partial charge >= 0.3 is 47.8 Å². The van der Waals surface area contributed by atoms with Crippen LogP contribution < -0.4 is 30.7 Å². The van der Waals surface area contributed by atoms with Gasteiger partial charge in [0.1, 0.15) is 11.5 Å². The number of carbonyl (C=O) groups is 8. The van der Waals surface area contributed by atoms with E-state index in [4.69, 9.17) is 88.7 Å². The van der Waals surface area contributed by atoms with Crippen molar-refractivity contribution in [3.05, 3.63) is 59.7 Å². The second-order valence-corrected chi connectivity index (χ2v) is 16.1. The Kier molecular flexibility index (Phi) is 44.1. The van der Waals surface area contributed by atoms with Crippen LogP contribution in [0.5, 0.6) is 11.5 Å². The molecule has 0 aromatic heterocycles. The number of aliphatic hydroxyl groups is 2. The lowest BCUT2D eigenvalue weighted by Gasteiger charge is -2.12. The lowest BCUT2D eigenvalue weighted by molar-refractivity contribution is -0.159. The van der Waals surface area contributed by atoms with E-state index in [1.165, 1.54) is 38.5 Å². The van der Waals surface area contributed by atoms with Gasteiger partial charge in [-0.2, -0.15) is 0 Å². The molecule has 0 saturated carbocycles. The van der Waals surface area contributed by atoms with Gasteiger partial charge in [0.15, 0.2) is 0 Å². The van der Waals surface area contributed by atoms with Crippen LogP contribution in [0.4, 0.5) is 0 Å². The first-order valence-electron chi connectivity index (χ1n) is 20.8. The highest BCUT2D eigenvalue weighted by Crippen LogP contribution is 2.20. The van der Waals surface area contributed by atoms with Crippen molar-refractivity contribution < 1.29 is 98.9 Å². The smallest absolute Gasteiger partial charge is 0.414 e. The minimum absolute atomic E-state index is 0.480. The van der Waals surface area contributed by atoms with Crippen molar-refractivity contribution in [1.82, 2.24) is 21.3 Å². The van der Waals surface area contributed by atoms with Crippen molar-refractivity contribution in [2.45, 2.75) is 63.6 Å². The summed E-state index contributed by atoms with van der Waals surface area (Å²) in [7, 11) is 7.22. The summed E-state index contributed by atoms with van der Waals surface area (Å²) in [6.45, 7) is 7.40. The molecule has 2 atom stereocenters. The molecule has 0 aliphatic carbocycles. The molecule has 2 rings (SSSR count). The maximum Gasteiger partial charge on any atom is 0.414 e. The number of carboxylic acids is 8. The lowest BCUT2D eigenvalue weighted by atomic mass is 10.1. The van der Waals surface area contributed by atoms with Crippen molar-refractivity contribution in [3.8, 4) is 11.5 Å². The van der Waals surface area contributed by atoms with Gasteiger partial charge in [0.2, 0.25) is 0 Å². The van der Waals surface area contributed by atoms with E-state index in [2.05, 4.69) is 21.3 Å². The van der Waals surface area contributed by atoms with Gasteiger partial charge in [0.05, 0.1) is 26.4 Å². The molecule has 0 saturated heterocycles. The molecule has 68 heavy (non-hydrogen) atoms. The highest BCUT2D eigenvalue weighted by atomic mass is 33.1. The Labute approximate surface area is 401 Å². The number of hydrogen-bond donors (Lipinski definition) is 14. The van der Waals surface area contributed by atoms with Gasteiger partial charge in [-0.05, 0) is 87.3 Å². The standard InChI is InChI=1S/C34H58N4O4S2.4C2H2O4/c1-41-31-15-11-29(12-16-31)33(39)27-37-21-9-5-3-7-19-35-23-25-43-44-26-24-36-20-8-4-6-10-22-38-28-34(40)30-13-17-32(42-2)18-14-30;4*3-1(4)2(5)6/h11-18,33-40H,3-10,19-28H2,1-2H3;4*(H,3,4)(H,5,6). The van der Waals surface area contributed by atoms with Crippen LogP contribution in [0.25, 0.3) is 0 Å². The highest BCUT2D eigenvalue weighted by molar-refractivity contribution is 8.76. The van der Waals surface area contributed by atoms with E-state index in [1.54, 1.807) is 14.2 Å². The zero-order valence-electron chi connectivity index (χ0n) is 37.9. The summed E-state index contributed by atoms with van der Waals surface area (Å²) in [5.41, 5.74) is 1.83. The van der Waals surface area contributed by atoms with Gasteiger partial charge in [-0.3, -0.25) is 0 Å². The number of benzene rings is 2. The lowest BCUT2D eigenvalue weighted by Crippen LogP contribution is -2.22. The zero-order chi connectivity index (χ0) is 52.1. The van der Waals surface area contributed by atoms with E-state index in [0.29, 0.717) is 13.1 Å². The molecule has 0 heterocycles. The maximum atomic E-state index is 10.3. The molecule has 14 N–H and O–H groups in total. The van der Waals surface area contributed by atoms with Crippen LogP contribution in [0.1, 0.15) is 74.7 Å². The molecule has 0 radical (unpaired) electrons. The van der Waals surface area contributed by atoms with Crippen LogP contribution in [-0.4, -0.2) is 177 Å². The van der Waals surface area contributed by atoms with Crippen LogP contribution in [0, 0.1) is 0 Å². The monoisotopic (exact) mass is 1010 g/mol. The quantitative estimate of drug-likeness (QED) is 0.0314.